The molecule has 0 radical (unpaired) electrons. The van der Waals surface area contributed by atoms with E-state index in [0.717, 1.165) is 24.2 Å². The molecule has 12 heteroatoms. The van der Waals surface area contributed by atoms with Crippen LogP contribution in [0.15, 0.2) is 53.3 Å². The molecule has 0 spiro atoms. The molecule has 5 N–H and O–H groups in total. The Balaban J connectivity index is 0.000000383. The van der Waals surface area contributed by atoms with Gasteiger partial charge in [0.1, 0.15) is 24.2 Å². The van der Waals surface area contributed by atoms with Gasteiger partial charge in [0.25, 0.3) is 5.56 Å². The number of unbranched alkanes of at least 4 members (excludes halogenated alkanes) is 5. The van der Waals surface area contributed by atoms with Crippen LogP contribution in [0.3, 0.4) is 0 Å². The lowest BCUT2D eigenvalue weighted by Gasteiger charge is -2.14. The normalized spacial score (nSPS) is 12.1. The number of carboxylic acid groups (broad SMARTS) is 2. The predicted octanol–water partition coefficient (Wildman–Crippen LogP) is 4.73. The monoisotopic (exact) mass is 668 g/mol. The molecule has 0 aliphatic heterocycles. The van der Waals surface area contributed by atoms with Gasteiger partial charge in [-0.2, -0.15) is 0 Å². The molecule has 1 amide bonds. The van der Waals surface area contributed by atoms with Gasteiger partial charge in [0.05, 0.1) is 17.4 Å². The van der Waals surface area contributed by atoms with Gasteiger partial charge in [-0.25, -0.2) is 9.78 Å². The van der Waals surface area contributed by atoms with E-state index in [0.29, 0.717) is 55.8 Å². The molecule has 2 atom stereocenters. The van der Waals surface area contributed by atoms with E-state index in [1.165, 1.54) is 25.7 Å². The number of nitrogens with zero attached hydrogens (tertiary/aromatic N) is 2. The van der Waals surface area contributed by atoms with Crippen LogP contribution >= 0.6 is 0 Å². The molecular weight excluding hydrogens is 616 g/mol. The Hall–Kier alpha value is -4.29. The van der Waals surface area contributed by atoms with Crippen molar-refractivity contribution in [3.05, 3.63) is 70.3 Å². The SMILES string of the molecule is CCCCCCCCN[C@@H](CCC(N)=O)C(=O)O.CCOC(Cc1ccc(OCCn2c(CC)nc3ccccc3c2=O)cc1)C(=O)O. The maximum atomic E-state index is 12.8. The lowest BCUT2D eigenvalue weighted by molar-refractivity contribution is -0.150. The van der Waals surface area contributed by atoms with Crippen LogP contribution in [0.25, 0.3) is 10.9 Å². The average molecular weight is 669 g/mol. The van der Waals surface area contributed by atoms with Gasteiger partial charge in [0.2, 0.25) is 5.91 Å². The Morgan fingerprint density at radius 3 is 2.25 bits per heavy atom. The molecule has 48 heavy (non-hydrogen) atoms. The fourth-order valence-electron chi connectivity index (χ4n) is 5.10. The molecule has 3 aromatic rings. The number of primary amides is 1. The number of nitrogens with one attached hydrogen (secondary N) is 1. The Kier molecular flexibility index (Phi) is 18.5. The molecule has 1 unspecified atom stereocenters. The summed E-state index contributed by atoms with van der Waals surface area (Å²) in [6, 6.07) is 13.9. The smallest absolute Gasteiger partial charge is 0.333 e. The summed E-state index contributed by atoms with van der Waals surface area (Å²) in [5.41, 5.74) is 6.50. The number of nitrogens with two attached hydrogens (primary N) is 1. The molecular formula is C36H52N4O8. The van der Waals surface area contributed by atoms with E-state index in [4.69, 9.17) is 20.3 Å². The number of amides is 1. The number of hydrogen-bond donors (Lipinski definition) is 4. The third-order valence-corrected chi connectivity index (χ3v) is 7.73. The van der Waals surface area contributed by atoms with Crippen LogP contribution in [0.1, 0.15) is 83.5 Å². The first-order valence-electron chi connectivity index (χ1n) is 16.9. The van der Waals surface area contributed by atoms with E-state index in [-0.39, 0.29) is 18.4 Å². The second-order valence-electron chi connectivity index (χ2n) is 11.5. The number of carboxylic acids is 2. The molecule has 1 aromatic heterocycles. The van der Waals surface area contributed by atoms with Gasteiger partial charge in [-0.05, 0) is 56.1 Å². The van der Waals surface area contributed by atoms with Crippen LogP contribution in [0.5, 0.6) is 5.75 Å². The third kappa shape index (κ3) is 14.2. The van der Waals surface area contributed by atoms with Crippen LogP contribution in [0.4, 0.5) is 0 Å². The molecule has 264 valence electrons. The second-order valence-corrected chi connectivity index (χ2v) is 11.5. The van der Waals surface area contributed by atoms with E-state index in [9.17, 15) is 24.3 Å². The van der Waals surface area contributed by atoms with Gasteiger partial charge in [-0.3, -0.25) is 19.0 Å². The number of aliphatic carboxylic acids is 2. The first kappa shape index (κ1) is 39.9. The zero-order valence-corrected chi connectivity index (χ0v) is 28.5. The van der Waals surface area contributed by atoms with Crippen molar-refractivity contribution in [2.24, 2.45) is 5.73 Å². The van der Waals surface area contributed by atoms with Gasteiger partial charge < -0.3 is 30.7 Å². The number of carbonyl (C=O) groups is 3. The minimum atomic E-state index is -0.974. The van der Waals surface area contributed by atoms with Crippen LogP contribution in [-0.4, -0.2) is 69.5 Å². The molecule has 1 heterocycles. The highest BCUT2D eigenvalue weighted by Gasteiger charge is 2.18. The summed E-state index contributed by atoms with van der Waals surface area (Å²) in [6.45, 7) is 7.67. The van der Waals surface area contributed by atoms with Crippen molar-refractivity contribution >= 4 is 28.7 Å². The van der Waals surface area contributed by atoms with Crippen molar-refractivity contribution in [1.29, 1.82) is 0 Å². The summed E-state index contributed by atoms with van der Waals surface area (Å²) in [5.74, 6) is -0.960. The highest BCUT2D eigenvalue weighted by molar-refractivity contribution is 5.78. The van der Waals surface area contributed by atoms with Gasteiger partial charge in [0, 0.05) is 25.9 Å². The summed E-state index contributed by atoms with van der Waals surface area (Å²) in [4.78, 5) is 50.1. The van der Waals surface area contributed by atoms with Gasteiger partial charge in [0.15, 0.2) is 6.10 Å². The third-order valence-electron chi connectivity index (χ3n) is 7.73. The van der Waals surface area contributed by atoms with Crippen LogP contribution < -0.4 is 21.3 Å². The number of aromatic nitrogens is 2. The number of benzene rings is 2. The lowest BCUT2D eigenvalue weighted by atomic mass is 10.1. The molecule has 0 aliphatic rings. The van der Waals surface area contributed by atoms with Gasteiger partial charge in [-0.1, -0.05) is 70.2 Å². The molecule has 0 fully saturated rings. The number of ether oxygens (including phenoxy) is 2. The van der Waals surface area contributed by atoms with E-state index >= 15 is 0 Å². The zero-order chi connectivity index (χ0) is 35.3. The molecule has 0 saturated heterocycles. The highest BCUT2D eigenvalue weighted by atomic mass is 16.5. The Morgan fingerprint density at radius 2 is 1.62 bits per heavy atom. The molecule has 3 rings (SSSR count). The number of hydrogen-bond acceptors (Lipinski definition) is 8. The standard InChI is InChI=1S/C23H26N2O5.C13H26N2O3/c1-3-21-24-19-8-6-5-7-18(19)22(26)25(21)13-14-30-17-11-9-16(10-12-17)15-20(23(27)28)29-4-2;1-2-3-4-5-6-7-10-15-11(13(17)18)8-9-12(14)16/h5-12,20H,3-4,13-15H2,1-2H3,(H,27,28);11,15H,2-10H2,1H3,(H2,14,16)(H,17,18)/t;11-/m.0/s1. The fourth-order valence-corrected chi connectivity index (χ4v) is 5.10. The van der Waals surface area contributed by atoms with Crippen molar-refractivity contribution < 1.29 is 34.1 Å². The summed E-state index contributed by atoms with van der Waals surface area (Å²) in [5, 5.41) is 21.7. The first-order chi connectivity index (χ1) is 23.1. The number of fused-ring (bicyclic) bond motifs is 1. The number of carbonyl (C=O) groups excluding carboxylic acids is 1. The molecule has 0 saturated carbocycles. The summed E-state index contributed by atoms with van der Waals surface area (Å²) < 4.78 is 12.7. The summed E-state index contributed by atoms with van der Waals surface area (Å²) >= 11 is 0. The maximum absolute atomic E-state index is 12.8. The number of rotatable bonds is 22. The van der Waals surface area contributed by atoms with Crippen molar-refractivity contribution in [3.8, 4) is 5.75 Å². The van der Waals surface area contributed by atoms with E-state index in [1.54, 1.807) is 29.7 Å². The first-order valence-corrected chi connectivity index (χ1v) is 16.9. The number of para-hydroxylation sites is 1. The minimum Gasteiger partial charge on any atom is -0.492 e. The summed E-state index contributed by atoms with van der Waals surface area (Å²) in [6.07, 6.45) is 7.51. The van der Waals surface area contributed by atoms with Gasteiger partial charge in [-0.15, -0.1) is 0 Å². The summed E-state index contributed by atoms with van der Waals surface area (Å²) in [7, 11) is 0. The fraction of sp³-hybridized carbons (Fsp3) is 0.528. The lowest BCUT2D eigenvalue weighted by Crippen LogP contribution is -2.38. The molecule has 0 aliphatic carbocycles. The van der Waals surface area contributed by atoms with Gasteiger partial charge >= 0.3 is 11.9 Å². The largest absolute Gasteiger partial charge is 0.492 e. The van der Waals surface area contributed by atoms with E-state index < -0.39 is 30.0 Å². The van der Waals surface area contributed by atoms with Crippen molar-refractivity contribution in [2.75, 3.05) is 19.8 Å². The Bertz CT molecular complexity index is 1480. The second kappa shape index (κ2) is 22.3. The van der Waals surface area contributed by atoms with Crippen molar-refractivity contribution in [3.63, 3.8) is 0 Å². The Morgan fingerprint density at radius 1 is 0.938 bits per heavy atom. The maximum Gasteiger partial charge on any atom is 0.333 e. The van der Waals surface area contributed by atoms with Crippen LogP contribution in [0.2, 0.25) is 0 Å². The zero-order valence-electron chi connectivity index (χ0n) is 28.5. The Labute approximate surface area is 282 Å². The van der Waals surface area contributed by atoms with Crippen molar-refractivity contribution in [2.45, 2.75) is 104 Å². The molecule has 2 aromatic carbocycles. The predicted molar refractivity (Wildman–Crippen MR) is 185 cm³/mol. The van der Waals surface area contributed by atoms with Crippen LogP contribution in [-0.2, 0) is 38.5 Å². The average Bonchev–Trinajstić information content (AvgIpc) is 3.07. The number of aryl methyl sites for hydroxylation is 1. The highest BCUT2D eigenvalue weighted by Crippen LogP contribution is 2.15. The van der Waals surface area contributed by atoms with Crippen LogP contribution in [0, 0.1) is 0 Å². The van der Waals surface area contributed by atoms with E-state index in [2.05, 4.69) is 17.2 Å². The quantitative estimate of drug-likeness (QED) is 0.109. The molecule has 0 bridgehead atoms. The van der Waals surface area contributed by atoms with E-state index in [1.807, 2.05) is 37.3 Å². The minimum absolute atomic E-state index is 0.0629. The van der Waals surface area contributed by atoms with Crippen molar-refractivity contribution in [1.82, 2.24) is 14.9 Å². The topological polar surface area (TPSA) is 183 Å². The molecule has 12 nitrogen and oxygen atoms in total.